The standard InChI is InChI=1S/C20H28O7/c1-9-10-3-4-11-18-8-27-20(26,19(11,14(9)23)15(10)24)16(25)13(18)17(2,7-21)6-5-12(18)22/h10-13,15-16,21-22,24-26H,1,3-8H2,2H3. The third kappa shape index (κ3) is 1.56. The molecule has 7 nitrogen and oxygen atoms in total. The van der Waals surface area contributed by atoms with Crippen molar-refractivity contribution < 1.29 is 35.1 Å². The number of Topliss-reactive ketones (excluding diaryl/α,β-unsaturated/α-hetero) is 1. The van der Waals surface area contributed by atoms with Crippen molar-refractivity contribution in [2.75, 3.05) is 13.2 Å². The molecular weight excluding hydrogens is 352 g/mol. The number of hydrogen-bond donors (Lipinski definition) is 5. The average molecular weight is 380 g/mol. The first-order chi connectivity index (χ1) is 12.6. The lowest BCUT2D eigenvalue weighted by Gasteiger charge is -2.74. The van der Waals surface area contributed by atoms with Gasteiger partial charge in [-0.15, -0.1) is 0 Å². The Balaban J connectivity index is 1.80. The van der Waals surface area contributed by atoms with Gasteiger partial charge in [-0.3, -0.25) is 4.79 Å². The normalized spacial score (nSPS) is 61.7. The van der Waals surface area contributed by atoms with Gasteiger partial charge in [0.2, 0.25) is 5.79 Å². The van der Waals surface area contributed by atoms with Gasteiger partial charge in [-0.05, 0) is 42.6 Å². The number of fused-ring (bicyclic) bond motifs is 2. The maximum absolute atomic E-state index is 13.4. The number of hydrogen-bond acceptors (Lipinski definition) is 7. The van der Waals surface area contributed by atoms with Crippen LogP contribution in [0.4, 0.5) is 0 Å². The molecule has 2 heterocycles. The van der Waals surface area contributed by atoms with Crippen molar-refractivity contribution in [3.63, 3.8) is 0 Å². The van der Waals surface area contributed by atoms with E-state index in [1.807, 2.05) is 6.92 Å². The van der Waals surface area contributed by atoms with Crippen molar-refractivity contribution in [2.45, 2.75) is 56.7 Å². The summed E-state index contributed by atoms with van der Waals surface area (Å²) in [7, 11) is 0. The molecule has 0 radical (unpaired) electrons. The molecular formula is C20H28O7. The highest BCUT2D eigenvalue weighted by molar-refractivity contribution is 6.05. The van der Waals surface area contributed by atoms with Gasteiger partial charge in [0.05, 0.1) is 18.8 Å². The molecule has 4 bridgehead atoms. The van der Waals surface area contributed by atoms with Gasteiger partial charge < -0.3 is 30.3 Å². The molecule has 150 valence electrons. The Kier molecular flexibility index (Phi) is 3.38. The van der Waals surface area contributed by atoms with E-state index in [0.717, 1.165) is 0 Å². The number of ketones is 1. The summed E-state index contributed by atoms with van der Waals surface area (Å²) < 4.78 is 5.77. The van der Waals surface area contributed by atoms with Crippen LogP contribution in [0.3, 0.4) is 0 Å². The second kappa shape index (κ2) is 5.01. The SMILES string of the molecule is C=C1C(=O)C23C(O)C1CCC2C12COC3(O)C(O)C1C(C)(CO)CCC2O. The average Bonchev–Trinajstić information content (AvgIpc) is 2.76. The molecule has 0 aromatic rings. The fourth-order valence-electron chi connectivity index (χ4n) is 7.91. The zero-order valence-electron chi connectivity index (χ0n) is 15.5. The van der Waals surface area contributed by atoms with E-state index < -0.39 is 63.9 Å². The highest BCUT2D eigenvalue weighted by Gasteiger charge is 2.87. The molecule has 10 unspecified atom stereocenters. The fourth-order valence-corrected chi connectivity index (χ4v) is 7.91. The molecule has 27 heavy (non-hydrogen) atoms. The largest absolute Gasteiger partial charge is 0.396 e. The van der Waals surface area contributed by atoms with Crippen LogP contribution in [0, 0.1) is 34.0 Å². The number of rotatable bonds is 1. The molecule has 0 aromatic carbocycles. The minimum absolute atomic E-state index is 0.00839. The fraction of sp³-hybridized carbons (Fsp3) is 0.850. The number of ether oxygens (including phenoxy) is 1. The summed E-state index contributed by atoms with van der Waals surface area (Å²) >= 11 is 0. The summed E-state index contributed by atoms with van der Waals surface area (Å²) in [4.78, 5) is 13.4. The summed E-state index contributed by atoms with van der Waals surface area (Å²) in [5.41, 5.74) is -3.18. The zero-order chi connectivity index (χ0) is 19.6. The van der Waals surface area contributed by atoms with Crippen LogP contribution < -0.4 is 0 Å². The summed E-state index contributed by atoms with van der Waals surface area (Å²) in [6, 6.07) is 0. The summed E-state index contributed by atoms with van der Waals surface area (Å²) in [6.45, 7) is 5.50. The summed E-state index contributed by atoms with van der Waals surface area (Å²) in [6.07, 6.45) is -1.59. The van der Waals surface area contributed by atoms with E-state index in [-0.39, 0.29) is 18.8 Å². The first-order valence-electron chi connectivity index (χ1n) is 9.88. The van der Waals surface area contributed by atoms with Crippen molar-refractivity contribution in [1.82, 2.24) is 0 Å². The lowest BCUT2D eigenvalue weighted by atomic mass is 9.35. The van der Waals surface area contributed by atoms with E-state index in [2.05, 4.69) is 6.58 Å². The Morgan fingerprint density at radius 2 is 1.89 bits per heavy atom. The monoisotopic (exact) mass is 380 g/mol. The molecule has 0 amide bonds. The minimum Gasteiger partial charge on any atom is -0.396 e. The van der Waals surface area contributed by atoms with E-state index in [9.17, 15) is 30.3 Å². The number of aliphatic hydroxyl groups is 5. The van der Waals surface area contributed by atoms with Crippen molar-refractivity contribution in [3.8, 4) is 0 Å². The van der Waals surface area contributed by atoms with E-state index in [0.29, 0.717) is 25.7 Å². The predicted octanol–water partition coefficient (Wildman–Crippen LogP) is -0.652. The smallest absolute Gasteiger partial charge is 0.208 e. The molecule has 6 fully saturated rings. The van der Waals surface area contributed by atoms with Gasteiger partial charge in [-0.25, -0.2) is 0 Å². The molecule has 4 saturated carbocycles. The molecule has 5 N–H and O–H groups in total. The Bertz CT molecular complexity index is 738. The Hall–Kier alpha value is -0.830. The van der Waals surface area contributed by atoms with Crippen LogP contribution in [0.25, 0.3) is 0 Å². The van der Waals surface area contributed by atoms with Crippen LogP contribution >= 0.6 is 0 Å². The quantitative estimate of drug-likeness (QED) is 0.383. The van der Waals surface area contributed by atoms with Crippen LogP contribution in [-0.2, 0) is 9.53 Å². The van der Waals surface area contributed by atoms with Crippen LogP contribution in [0.1, 0.15) is 32.6 Å². The van der Waals surface area contributed by atoms with Gasteiger partial charge in [-0.1, -0.05) is 13.5 Å². The second-order valence-corrected chi connectivity index (χ2v) is 9.79. The van der Waals surface area contributed by atoms with Crippen LogP contribution in [0.2, 0.25) is 0 Å². The Labute approximate surface area is 157 Å². The third-order valence-electron chi connectivity index (χ3n) is 9.08. The van der Waals surface area contributed by atoms with E-state index in [1.165, 1.54) is 0 Å². The van der Waals surface area contributed by atoms with E-state index >= 15 is 0 Å². The lowest BCUT2D eigenvalue weighted by Crippen LogP contribution is -2.86. The van der Waals surface area contributed by atoms with Crippen LogP contribution in [-0.4, -0.2) is 68.6 Å². The predicted molar refractivity (Wildman–Crippen MR) is 92.1 cm³/mol. The first-order valence-corrected chi connectivity index (χ1v) is 9.88. The van der Waals surface area contributed by atoms with Gasteiger partial charge in [-0.2, -0.15) is 0 Å². The molecule has 2 saturated heterocycles. The minimum atomic E-state index is -2.26. The van der Waals surface area contributed by atoms with Gasteiger partial charge in [0, 0.05) is 23.9 Å². The van der Waals surface area contributed by atoms with E-state index in [4.69, 9.17) is 4.74 Å². The molecule has 4 aliphatic carbocycles. The Morgan fingerprint density at radius 3 is 2.56 bits per heavy atom. The molecule has 2 aliphatic heterocycles. The van der Waals surface area contributed by atoms with Gasteiger partial charge in [0.1, 0.15) is 11.5 Å². The topological polar surface area (TPSA) is 127 Å². The van der Waals surface area contributed by atoms with Gasteiger partial charge >= 0.3 is 0 Å². The molecule has 6 aliphatic rings. The van der Waals surface area contributed by atoms with Crippen molar-refractivity contribution in [2.24, 2.45) is 34.0 Å². The number of aliphatic hydroxyl groups excluding tert-OH is 4. The zero-order valence-corrected chi connectivity index (χ0v) is 15.5. The third-order valence-corrected chi connectivity index (χ3v) is 9.08. The summed E-state index contributed by atoms with van der Waals surface area (Å²) in [5.74, 6) is -4.36. The maximum atomic E-state index is 13.4. The van der Waals surface area contributed by atoms with Crippen LogP contribution in [0.5, 0.6) is 0 Å². The lowest BCUT2D eigenvalue weighted by molar-refractivity contribution is -0.459. The molecule has 0 aromatic heterocycles. The maximum Gasteiger partial charge on any atom is 0.208 e. The first kappa shape index (κ1) is 18.2. The van der Waals surface area contributed by atoms with E-state index in [1.54, 1.807) is 0 Å². The van der Waals surface area contributed by atoms with Crippen molar-refractivity contribution in [1.29, 1.82) is 0 Å². The second-order valence-electron chi connectivity index (χ2n) is 9.79. The van der Waals surface area contributed by atoms with Gasteiger partial charge in [0.15, 0.2) is 5.78 Å². The number of carbonyl (C=O) groups is 1. The molecule has 10 atom stereocenters. The highest BCUT2D eigenvalue weighted by atomic mass is 16.6. The Morgan fingerprint density at radius 1 is 1.19 bits per heavy atom. The molecule has 6 rings (SSSR count). The van der Waals surface area contributed by atoms with Crippen LogP contribution in [0.15, 0.2) is 12.2 Å². The number of carbonyl (C=O) groups excluding carboxylic acids is 1. The molecule has 2 spiro atoms. The summed E-state index contributed by atoms with van der Waals surface area (Å²) in [5, 5.41) is 55.3. The van der Waals surface area contributed by atoms with Crippen molar-refractivity contribution in [3.05, 3.63) is 12.2 Å². The highest BCUT2D eigenvalue weighted by Crippen LogP contribution is 2.76. The van der Waals surface area contributed by atoms with Crippen molar-refractivity contribution >= 4 is 5.78 Å². The molecule has 7 heteroatoms. The van der Waals surface area contributed by atoms with Gasteiger partial charge in [0.25, 0.3) is 0 Å².